The molecule has 150 valence electrons. The van der Waals surface area contributed by atoms with Crippen LogP contribution < -0.4 is 5.32 Å². The number of nitrogens with zero attached hydrogens (tertiary/aromatic N) is 3. The van der Waals surface area contributed by atoms with Crippen LogP contribution >= 0.6 is 23.2 Å². The molecular weight excluding hydrogens is 409 g/mol. The van der Waals surface area contributed by atoms with Gasteiger partial charge in [-0.3, -0.25) is 4.90 Å². The van der Waals surface area contributed by atoms with Crippen molar-refractivity contribution in [3.05, 3.63) is 56.8 Å². The summed E-state index contributed by atoms with van der Waals surface area (Å²) in [7, 11) is 1.66. The van der Waals surface area contributed by atoms with Crippen molar-refractivity contribution >= 4 is 39.9 Å². The van der Waals surface area contributed by atoms with E-state index < -0.39 is 0 Å². The van der Waals surface area contributed by atoms with E-state index in [4.69, 9.17) is 27.9 Å². The van der Waals surface area contributed by atoms with Gasteiger partial charge in [-0.15, -0.1) is 0 Å². The first-order valence-electron chi connectivity index (χ1n) is 9.42. The van der Waals surface area contributed by atoms with E-state index in [0.717, 1.165) is 58.1 Å². The van der Waals surface area contributed by atoms with Crippen molar-refractivity contribution in [1.29, 1.82) is 5.26 Å². The Balaban J connectivity index is 1.59. The van der Waals surface area contributed by atoms with Crippen molar-refractivity contribution < 1.29 is 4.74 Å². The second-order valence-corrected chi connectivity index (χ2v) is 7.90. The smallest absolute Gasteiger partial charge is 0.149 e. The molecule has 29 heavy (non-hydrogen) atoms. The Morgan fingerprint density at radius 1 is 1.31 bits per heavy atom. The van der Waals surface area contributed by atoms with Gasteiger partial charge in [-0.25, -0.2) is 4.98 Å². The standard InChI is InChI=1S/C21H21Cl2N5O/c1-29-7-5-25-21-18-12-28(6-4-16(18)17(10-24)20(23)27-21)11-15-9-13-8-14(22)2-3-19(13)26-15/h2-3,8-9,26H,4-7,11-12H2,1H3,(H,25,27). The lowest BCUT2D eigenvalue weighted by atomic mass is 9.96. The second kappa shape index (κ2) is 8.60. The van der Waals surface area contributed by atoms with Crippen molar-refractivity contribution in [2.24, 2.45) is 0 Å². The third-order valence-electron chi connectivity index (χ3n) is 5.17. The van der Waals surface area contributed by atoms with Crippen LogP contribution in [0.25, 0.3) is 10.9 Å². The Morgan fingerprint density at radius 3 is 2.97 bits per heavy atom. The topological polar surface area (TPSA) is 77.0 Å². The molecule has 0 saturated carbocycles. The first-order chi connectivity index (χ1) is 14.1. The van der Waals surface area contributed by atoms with Gasteiger partial charge in [-0.1, -0.05) is 23.2 Å². The van der Waals surface area contributed by atoms with Gasteiger partial charge in [-0.2, -0.15) is 5.26 Å². The number of pyridine rings is 1. The molecule has 4 rings (SSSR count). The number of halogens is 2. The Bertz CT molecular complexity index is 1090. The molecule has 1 aromatic carbocycles. The van der Waals surface area contributed by atoms with E-state index in [9.17, 15) is 5.26 Å². The predicted octanol–water partition coefficient (Wildman–Crippen LogP) is 4.36. The lowest BCUT2D eigenvalue weighted by molar-refractivity contribution is 0.210. The summed E-state index contributed by atoms with van der Waals surface area (Å²) in [5.74, 6) is 0.731. The van der Waals surface area contributed by atoms with Crippen molar-refractivity contribution in [3.8, 4) is 6.07 Å². The van der Waals surface area contributed by atoms with E-state index in [0.29, 0.717) is 25.3 Å². The number of aromatic nitrogens is 2. The largest absolute Gasteiger partial charge is 0.383 e. The minimum Gasteiger partial charge on any atom is -0.383 e. The predicted molar refractivity (Wildman–Crippen MR) is 115 cm³/mol. The molecule has 3 heterocycles. The molecule has 1 aliphatic rings. The Kier molecular flexibility index (Phi) is 5.93. The van der Waals surface area contributed by atoms with Crippen LogP contribution in [0.5, 0.6) is 0 Å². The SMILES string of the molecule is COCCNc1nc(Cl)c(C#N)c2c1CN(Cc1cc3cc(Cl)ccc3[nH]1)CC2. The van der Waals surface area contributed by atoms with E-state index in [2.05, 4.69) is 32.3 Å². The Morgan fingerprint density at radius 2 is 2.17 bits per heavy atom. The van der Waals surface area contributed by atoms with Crippen LogP contribution in [0.1, 0.15) is 22.4 Å². The average molecular weight is 430 g/mol. The molecule has 0 amide bonds. The molecule has 8 heteroatoms. The van der Waals surface area contributed by atoms with Crippen LogP contribution in [0.4, 0.5) is 5.82 Å². The van der Waals surface area contributed by atoms with Crippen LogP contribution in [-0.2, 0) is 24.2 Å². The van der Waals surface area contributed by atoms with Crippen LogP contribution in [-0.4, -0.2) is 41.7 Å². The van der Waals surface area contributed by atoms with Gasteiger partial charge in [0, 0.05) is 60.5 Å². The highest BCUT2D eigenvalue weighted by molar-refractivity contribution is 6.31. The van der Waals surface area contributed by atoms with Crippen molar-refractivity contribution in [2.45, 2.75) is 19.5 Å². The molecular formula is C21H21Cl2N5O. The van der Waals surface area contributed by atoms with Gasteiger partial charge >= 0.3 is 0 Å². The summed E-state index contributed by atoms with van der Waals surface area (Å²) in [5.41, 5.74) is 4.71. The molecule has 0 unspecified atom stereocenters. The number of nitriles is 1. The number of rotatable bonds is 6. The van der Waals surface area contributed by atoms with Crippen molar-refractivity contribution in [1.82, 2.24) is 14.9 Å². The highest BCUT2D eigenvalue weighted by Crippen LogP contribution is 2.32. The number of aromatic amines is 1. The maximum Gasteiger partial charge on any atom is 0.149 e. The molecule has 0 bridgehead atoms. The number of anilines is 1. The van der Waals surface area contributed by atoms with Crippen molar-refractivity contribution in [3.63, 3.8) is 0 Å². The zero-order valence-corrected chi connectivity index (χ0v) is 17.6. The number of methoxy groups -OCH3 is 1. The molecule has 0 atom stereocenters. The third-order valence-corrected chi connectivity index (χ3v) is 5.68. The number of ether oxygens (including phenoxy) is 1. The van der Waals surface area contributed by atoms with Gasteiger partial charge < -0.3 is 15.0 Å². The maximum absolute atomic E-state index is 9.54. The quantitative estimate of drug-likeness (QED) is 0.449. The third kappa shape index (κ3) is 4.19. The van der Waals surface area contributed by atoms with E-state index in [1.807, 2.05) is 18.2 Å². The fourth-order valence-electron chi connectivity index (χ4n) is 3.81. The molecule has 0 radical (unpaired) electrons. The maximum atomic E-state index is 9.54. The van der Waals surface area contributed by atoms with Gasteiger partial charge in [-0.05, 0) is 36.2 Å². The first kappa shape index (κ1) is 20.0. The summed E-state index contributed by atoms with van der Waals surface area (Å²) in [6.45, 7) is 3.50. The Hall–Kier alpha value is -2.30. The highest BCUT2D eigenvalue weighted by Gasteiger charge is 2.25. The zero-order valence-electron chi connectivity index (χ0n) is 16.1. The van der Waals surface area contributed by atoms with Gasteiger partial charge in [0.25, 0.3) is 0 Å². The summed E-state index contributed by atoms with van der Waals surface area (Å²) < 4.78 is 5.12. The molecule has 2 aromatic heterocycles. The number of hydrogen-bond donors (Lipinski definition) is 2. The van der Waals surface area contributed by atoms with Crippen LogP contribution in [0.2, 0.25) is 10.2 Å². The number of fused-ring (bicyclic) bond motifs is 2. The van der Waals surface area contributed by atoms with Gasteiger partial charge in [0.1, 0.15) is 17.0 Å². The minimum absolute atomic E-state index is 0.257. The van der Waals surface area contributed by atoms with Crippen LogP contribution in [0.3, 0.4) is 0 Å². The zero-order chi connectivity index (χ0) is 20.4. The van der Waals surface area contributed by atoms with E-state index >= 15 is 0 Å². The molecule has 2 N–H and O–H groups in total. The number of hydrogen-bond acceptors (Lipinski definition) is 5. The summed E-state index contributed by atoms with van der Waals surface area (Å²) in [4.78, 5) is 10.2. The molecule has 0 spiro atoms. The number of benzene rings is 1. The van der Waals surface area contributed by atoms with Gasteiger partial charge in [0.05, 0.1) is 12.2 Å². The van der Waals surface area contributed by atoms with Gasteiger partial charge in [0.15, 0.2) is 0 Å². The average Bonchev–Trinajstić information content (AvgIpc) is 3.09. The fourth-order valence-corrected chi connectivity index (χ4v) is 4.24. The summed E-state index contributed by atoms with van der Waals surface area (Å²) in [6, 6.07) is 10.2. The molecule has 1 aliphatic heterocycles. The summed E-state index contributed by atoms with van der Waals surface area (Å²) in [5, 5.41) is 14.9. The van der Waals surface area contributed by atoms with E-state index in [-0.39, 0.29) is 5.15 Å². The summed E-state index contributed by atoms with van der Waals surface area (Å²) >= 11 is 12.4. The lowest BCUT2D eigenvalue weighted by Gasteiger charge is -2.30. The molecule has 6 nitrogen and oxygen atoms in total. The van der Waals surface area contributed by atoms with Crippen molar-refractivity contribution in [2.75, 3.05) is 32.1 Å². The van der Waals surface area contributed by atoms with E-state index in [1.54, 1.807) is 7.11 Å². The monoisotopic (exact) mass is 429 g/mol. The Labute approximate surface area is 179 Å². The number of H-pyrrole nitrogens is 1. The molecule has 3 aromatic rings. The molecule has 0 fully saturated rings. The normalized spacial score (nSPS) is 14.0. The van der Waals surface area contributed by atoms with Crippen LogP contribution in [0.15, 0.2) is 24.3 Å². The fraction of sp³-hybridized carbons (Fsp3) is 0.333. The molecule has 0 saturated heterocycles. The van der Waals surface area contributed by atoms with Crippen LogP contribution in [0, 0.1) is 11.3 Å². The van der Waals surface area contributed by atoms with Gasteiger partial charge in [0.2, 0.25) is 0 Å². The second-order valence-electron chi connectivity index (χ2n) is 7.10. The number of nitrogens with one attached hydrogen (secondary N) is 2. The summed E-state index contributed by atoms with van der Waals surface area (Å²) in [6.07, 6.45) is 0.755. The minimum atomic E-state index is 0.257. The first-order valence-corrected chi connectivity index (χ1v) is 10.2. The van der Waals surface area contributed by atoms with E-state index in [1.165, 1.54) is 0 Å². The molecule has 0 aliphatic carbocycles. The highest BCUT2D eigenvalue weighted by atomic mass is 35.5. The lowest BCUT2D eigenvalue weighted by Crippen LogP contribution is -2.32.